The molecule has 112 valence electrons. The van der Waals surface area contributed by atoms with Crippen LogP contribution in [0.25, 0.3) is 0 Å². The number of likely N-dealkylation sites (N-methyl/N-ethyl adjacent to an activating group) is 1. The van der Waals surface area contributed by atoms with Crippen molar-refractivity contribution in [2.45, 2.75) is 25.4 Å². The molecule has 0 spiro atoms. The van der Waals surface area contributed by atoms with E-state index in [0.717, 1.165) is 31.6 Å². The molecule has 7 heteroatoms. The Morgan fingerprint density at radius 1 is 1.55 bits per heavy atom. The van der Waals surface area contributed by atoms with Crippen molar-refractivity contribution >= 4 is 29.7 Å². The first-order chi connectivity index (χ1) is 9.10. The van der Waals surface area contributed by atoms with Crippen LogP contribution < -0.4 is 5.32 Å². The summed E-state index contributed by atoms with van der Waals surface area (Å²) >= 11 is 6.12. The number of likely N-dealkylation sites (tertiary alicyclic amines) is 1. The third-order valence-electron chi connectivity index (χ3n) is 3.56. The van der Waals surface area contributed by atoms with Crippen molar-refractivity contribution in [1.29, 1.82) is 0 Å². The van der Waals surface area contributed by atoms with E-state index in [0.29, 0.717) is 11.1 Å². The minimum Gasteiger partial charge on any atom is -0.316 e. The summed E-state index contributed by atoms with van der Waals surface area (Å²) in [4.78, 5) is 12.6. The topological polar surface area (TPSA) is 58.4 Å². The lowest BCUT2D eigenvalue weighted by Crippen LogP contribution is -2.43. The molecular weight excluding hydrogens is 301 g/mol. The number of benzene rings is 1. The van der Waals surface area contributed by atoms with Crippen LogP contribution in [0, 0.1) is 10.1 Å². The fourth-order valence-corrected chi connectivity index (χ4v) is 2.69. The fourth-order valence-electron chi connectivity index (χ4n) is 2.45. The Balaban J connectivity index is 0.00000200. The summed E-state index contributed by atoms with van der Waals surface area (Å²) < 4.78 is 0. The Morgan fingerprint density at radius 2 is 2.30 bits per heavy atom. The first-order valence-corrected chi connectivity index (χ1v) is 6.80. The zero-order valence-corrected chi connectivity index (χ0v) is 12.9. The molecule has 0 bridgehead atoms. The molecule has 2 rings (SSSR count). The van der Waals surface area contributed by atoms with Crippen molar-refractivity contribution in [1.82, 2.24) is 10.2 Å². The lowest BCUT2D eigenvalue weighted by molar-refractivity contribution is -0.384. The van der Waals surface area contributed by atoms with Crippen LogP contribution in [-0.2, 0) is 6.54 Å². The normalized spacial score (nSPS) is 19.4. The van der Waals surface area contributed by atoms with Crippen molar-refractivity contribution in [3.63, 3.8) is 0 Å². The van der Waals surface area contributed by atoms with E-state index in [1.54, 1.807) is 6.07 Å². The van der Waals surface area contributed by atoms with E-state index in [-0.39, 0.29) is 18.1 Å². The summed E-state index contributed by atoms with van der Waals surface area (Å²) in [5, 5.41) is 14.4. The second-order valence-corrected chi connectivity index (χ2v) is 5.30. The van der Waals surface area contributed by atoms with Gasteiger partial charge in [-0.3, -0.25) is 15.0 Å². The molecule has 1 unspecified atom stereocenters. The molecule has 0 aliphatic carbocycles. The van der Waals surface area contributed by atoms with Gasteiger partial charge < -0.3 is 5.32 Å². The summed E-state index contributed by atoms with van der Waals surface area (Å²) in [7, 11) is 1.98. The number of piperidine rings is 1. The molecule has 1 heterocycles. The number of nitro groups is 1. The molecule has 1 aliphatic heterocycles. The van der Waals surface area contributed by atoms with E-state index in [2.05, 4.69) is 10.2 Å². The van der Waals surface area contributed by atoms with Gasteiger partial charge in [0.15, 0.2) is 0 Å². The second-order valence-electron chi connectivity index (χ2n) is 4.90. The Kier molecular flexibility index (Phi) is 6.68. The lowest BCUT2D eigenvalue weighted by Gasteiger charge is -2.32. The Bertz CT molecular complexity index is 471. The van der Waals surface area contributed by atoms with Crippen LogP contribution >= 0.6 is 24.0 Å². The molecule has 1 aromatic carbocycles. The molecular formula is C13H19Cl2N3O2. The average molecular weight is 320 g/mol. The number of rotatable bonds is 4. The molecule has 20 heavy (non-hydrogen) atoms. The Labute approximate surface area is 129 Å². The highest BCUT2D eigenvalue weighted by Crippen LogP contribution is 2.24. The highest BCUT2D eigenvalue weighted by Gasteiger charge is 2.19. The number of halogens is 2. The van der Waals surface area contributed by atoms with Crippen LogP contribution in [-0.4, -0.2) is 36.0 Å². The number of nitrogens with one attached hydrogen (secondary N) is 1. The van der Waals surface area contributed by atoms with Gasteiger partial charge in [0.1, 0.15) is 0 Å². The largest absolute Gasteiger partial charge is 0.316 e. The van der Waals surface area contributed by atoms with E-state index < -0.39 is 4.92 Å². The van der Waals surface area contributed by atoms with Gasteiger partial charge in [0.05, 0.1) is 9.95 Å². The van der Waals surface area contributed by atoms with Crippen LogP contribution in [0.1, 0.15) is 18.4 Å². The zero-order valence-electron chi connectivity index (χ0n) is 11.3. The molecule has 0 amide bonds. The van der Waals surface area contributed by atoms with Crippen LogP contribution in [0.2, 0.25) is 5.02 Å². The maximum atomic E-state index is 10.7. The molecule has 1 atom stereocenters. The molecule has 1 aromatic rings. The standard InChI is InChI=1S/C13H18ClN3O2.ClH/c1-15-11-3-2-6-16(9-11)8-10-4-5-12(17(18)19)7-13(10)14;/h4-5,7,11,15H,2-3,6,8-9H2,1H3;1H. The first kappa shape index (κ1) is 17.2. The van der Waals surface area contributed by atoms with E-state index >= 15 is 0 Å². The minimum absolute atomic E-state index is 0. The minimum atomic E-state index is -0.423. The number of nitro benzene ring substituents is 1. The van der Waals surface area contributed by atoms with Gasteiger partial charge in [0, 0.05) is 31.3 Å². The number of hydrogen-bond acceptors (Lipinski definition) is 4. The van der Waals surface area contributed by atoms with Gasteiger partial charge in [-0.15, -0.1) is 12.4 Å². The van der Waals surface area contributed by atoms with Gasteiger partial charge in [0.2, 0.25) is 0 Å². The van der Waals surface area contributed by atoms with E-state index in [1.807, 2.05) is 7.05 Å². The van der Waals surface area contributed by atoms with Crippen LogP contribution in [0.5, 0.6) is 0 Å². The Morgan fingerprint density at radius 3 is 2.90 bits per heavy atom. The van der Waals surface area contributed by atoms with Crippen molar-refractivity contribution in [3.8, 4) is 0 Å². The van der Waals surface area contributed by atoms with Crippen LogP contribution in [0.3, 0.4) is 0 Å². The summed E-state index contributed by atoms with van der Waals surface area (Å²) in [6, 6.07) is 5.21. The molecule has 1 N–H and O–H groups in total. The molecule has 0 radical (unpaired) electrons. The number of nitrogens with zero attached hydrogens (tertiary/aromatic N) is 2. The predicted molar refractivity (Wildman–Crippen MR) is 82.7 cm³/mol. The van der Waals surface area contributed by atoms with Gasteiger partial charge in [-0.1, -0.05) is 11.6 Å². The van der Waals surface area contributed by atoms with Crippen molar-refractivity contribution in [3.05, 3.63) is 38.9 Å². The van der Waals surface area contributed by atoms with Crippen LogP contribution in [0.15, 0.2) is 18.2 Å². The molecule has 1 aliphatic rings. The third kappa shape index (κ3) is 4.31. The smallest absolute Gasteiger partial charge is 0.270 e. The summed E-state index contributed by atoms with van der Waals surface area (Å²) in [6.07, 6.45) is 2.36. The second kappa shape index (κ2) is 7.78. The Hall–Kier alpha value is -0.880. The first-order valence-electron chi connectivity index (χ1n) is 6.42. The highest BCUT2D eigenvalue weighted by molar-refractivity contribution is 6.31. The monoisotopic (exact) mass is 319 g/mol. The average Bonchev–Trinajstić information content (AvgIpc) is 2.41. The van der Waals surface area contributed by atoms with Gasteiger partial charge >= 0.3 is 0 Å². The number of hydrogen-bond donors (Lipinski definition) is 1. The molecule has 0 saturated carbocycles. The highest BCUT2D eigenvalue weighted by atomic mass is 35.5. The molecule has 0 aromatic heterocycles. The van der Waals surface area contributed by atoms with Gasteiger partial charge in [-0.05, 0) is 38.1 Å². The lowest BCUT2D eigenvalue weighted by atomic mass is 10.0. The predicted octanol–water partition coefficient (Wildman–Crippen LogP) is 2.85. The van der Waals surface area contributed by atoms with Gasteiger partial charge in [0.25, 0.3) is 5.69 Å². The molecule has 1 saturated heterocycles. The number of non-ortho nitro benzene ring substituents is 1. The summed E-state index contributed by atoms with van der Waals surface area (Å²) in [5.41, 5.74) is 0.990. The maximum Gasteiger partial charge on any atom is 0.270 e. The van der Waals surface area contributed by atoms with Crippen molar-refractivity contribution < 1.29 is 4.92 Å². The quantitative estimate of drug-likeness (QED) is 0.684. The third-order valence-corrected chi connectivity index (χ3v) is 3.91. The molecule has 5 nitrogen and oxygen atoms in total. The molecule has 1 fully saturated rings. The van der Waals surface area contributed by atoms with Crippen molar-refractivity contribution in [2.75, 3.05) is 20.1 Å². The summed E-state index contributed by atoms with van der Waals surface area (Å²) in [6.45, 7) is 2.78. The van der Waals surface area contributed by atoms with Gasteiger partial charge in [-0.25, -0.2) is 0 Å². The summed E-state index contributed by atoms with van der Waals surface area (Å²) in [5.74, 6) is 0. The van der Waals surface area contributed by atoms with Gasteiger partial charge in [-0.2, -0.15) is 0 Å². The van der Waals surface area contributed by atoms with E-state index in [4.69, 9.17) is 11.6 Å². The van der Waals surface area contributed by atoms with Crippen molar-refractivity contribution in [2.24, 2.45) is 0 Å². The fraction of sp³-hybridized carbons (Fsp3) is 0.538. The van der Waals surface area contributed by atoms with E-state index in [1.165, 1.54) is 18.6 Å². The SMILES string of the molecule is CNC1CCCN(Cc2ccc([N+](=O)[O-])cc2Cl)C1.Cl. The zero-order chi connectivity index (χ0) is 13.8. The van der Waals surface area contributed by atoms with E-state index in [9.17, 15) is 10.1 Å². The van der Waals surface area contributed by atoms with Crippen LogP contribution in [0.4, 0.5) is 5.69 Å². The maximum absolute atomic E-state index is 10.7.